The number of hydrogen-bond acceptors (Lipinski definition) is 7. The molecule has 0 spiro atoms. The first-order chi connectivity index (χ1) is 18.2. The number of carbonyl (C=O) groups is 1. The standard InChI is InChI=1S/C31H33N3O4/c1-22(27-10-6-7-18-33-27)37-29-19-26(15-16-28(29)36-5)34(21-23-9-8-17-32-20-23)25-13-11-24(12-14-25)30(35)38-31(2,3)4/h6-20,22H,21H2,1-5H3. The number of benzene rings is 2. The monoisotopic (exact) mass is 511 g/mol. The third-order valence-corrected chi connectivity index (χ3v) is 5.74. The zero-order valence-electron chi connectivity index (χ0n) is 22.4. The molecule has 0 aliphatic heterocycles. The summed E-state index contributed by atoms with van der Waals surface area (Å²) in [6, 6.07) is 22.9. The fourth-order valence-corrected chi connectivity index (χ4v) is 3.91. The minimum atomic E-state index is -0.562. The molecule has 1 unspecified atom stereocenters. The van der Waals surface area contributed by atoms with E-state index in [-0.39, 0.29) is 12.1 Å². The number of pyridine rings is 2. The second-order valence-electron chi connectivity index (χ2n) is 9.85. The molecule has 0 amide bonds. The van der Waals surface area contributed by atoms with E-state index < -0.39 is 5.60 Å². The predicted octanol–water partition coefficient (Wildman–Crippen LogP) is 6.92. The molecule has 2 aromatic carbocycles. The molecule has 0 bridgehead atoms. The Labute approximate surface area is 224 Å². The highest BCUT2D eigenvalue weighted by molar-refractivity contribution is 5.90. The van der Waals surface area contributed by atoms with E-state index >= 15 is 0 Å². The second kappa shape index (κ2) is 11.8. The van der Waals surface area contributed by atoms with Gasteiger partial charge >= 0.3 is 5.97 Å². The Morgan fingerprint density at radius 2 is 1.68 bits per heavy atom. The largest absolute Gasteiger partial charge is 0.493 e. The van der Waals surface area contributed by atoms with Crippen molar-refractivity contribution >= 4 is 17.3 Å². The maximum Gasteiger partial charge on any atom is 0.338 e. The van der Waals surface area contributed by atoms with Crippen molar-refractivity contribution in [2.45, 2.75) is 45.9 Å². The first kappa shape index (κ1) is 26.7. The van der Waals surface area contributed by atoms with Gasteiger partial charge in [0, 0.05) is 42.6 Å². The number of rotatable bonds is 9. The van der Waals surface area contributed by atoms with Crippen LogP contribution in [0.25, 0.3) is 0 Å². The minimum absolute atomic E-state index is 0.278. The highest BCUT2D eigenvalue weighted by atomic mass is 16.6. The Kier molecular flexibility index (Phi) is 8.26. The van der Waals surface area contributed by atoms with Crippen LogP contribution in [0.5, 0.6) is 11.5 Å². The Bertz CT molecular complexity index is 1340. The minimum Gasteiger partial charge on any atom is -0.493 e. The van der Waals surface area contributed by atoms with Crippen LogP contribution in [0.1, 0.15) is 55.4 Å². The molecule has 4 rings (SSSR count). The number of esters is 1. The first-order valence-corrected chi connectivity index (χ1v) is 12.5. The summed E-state index contributed by atoms with van der Waals surface area (Å²) in [7, 11) is 1.62. The fourth-order valence-electron chi connectivity index (χ4n) is 3.91. The summed E-state index contributed by atoms with van der Waals surface area (Å²) in [6.07, 6.45) is 5.06. The lowest BCUT2D eigenvalue weighted by Crippen LogP contribution is -2.24. The molecule has 1 atom stereocenters. The van der Waals surface area contributed by atoms with E-state index in [1.54, 1.807) is 31.6 Å². The molecule has 7 heteroatoms. The van der Waals surface area contributed by atoms with Crippen molar-refractivity contribution < 1.29 is 19.0 Å². The lowest BCUT2D eigenvalue weighted by Gasteiger charge is -2.27. The predicted molar refractivity (Wildman–Crippen MR) is 148 cm³/mol. The molecule has 2 heterocycles. The number of carbonyl (C=O) groups excluding carboxylic acids is 1. The van der Waals surface area contributed by atoms with Gasteiger partial charge in [0.05, 0.1) is 18.4 Å². The van der Waals surface area contributed by atoms with Gasteiger partial charge in [-0.3, -0.25) is 9.97 Å². The average molecular weight is 512 g/mol. The Morgan fingerprint density at radius 1 is 0.921 bits per heavy atom. The third-order valence-electron chi connectivity index (χ3n) is 5.74. The molecule has 0 aliphatic rings. The lowest BCUT2D eigenvalue weighted by atomic mass is 10.1. The van der Waals surface area contributed by atoms with E-state index in [2.05, 4.69) is 14.9 Å². The highest BCUT2D eigenvalue weighted by Crippen LogP contribution is 2.37. The molecule has 196 valence electrons. The number of aromatic nitrogens is 2. The van der Waals surface area contributed by atoms with E-state index in [0.29, 0.717) is 23.6 Å². The fraction of sp³-hybridized carbons (Fsp3) is 0.258. The van der Waals surface area contributed by atoms with Gasteiger partial charge in [-0.05, 0) is 87.9 Å². The molecular weight excluding hydrogens is 478 g/mol. The number of hydrogen-bond donors (Lipinski definition) is 0. The smallest absolute Gasteiger partial charge is 0.338 e. The van der Waals surface area contributed by atoms with Crippen molar-refractivity contribution in [1.82, 2.24) is 9.97 Å². The van der Waals surface area contributed by atoms with Crippen LogP contribution < -0.4 is 14.4 Å². The summed E-state index contributed by atoms with van der Waals surface area (Å²) in [5.74, 6) is 0.870. The lowest BCUT2D eigenvalue weighted by molar-refractivity contribution is 0.00695. The maximum absolute atomic E-state index is 12.6. The van der Waals surface area contributed by atoms with E-state index in [1.165, 1.54) is 0 Å². The zero-order chi connectivity index (χ0) is 27.1. The molecule has 4 aromatic rings. The van der Waals surface area contributed by atoms with Crippen molar-refractivity contribution in [2.24, 2.45) is 0 Å². The maximum atomic E-state index is 12.6. The van der Waals surface area contributed by atoms with Crippen molar-refractivity contribution in [3.63, 3.8) is 0 Å². The van der Waals surface area contributed by atoms with Gasteiger partial charge in [-0.1, -0.05) is 12.1 Å². The summed E-state index contributed by atoms with van der Waals surface area (Å²) < 4.78 is 17.4. The number of methoxy groups -OCH3 is 1. The summed E-state index contributed by atoms with van der Waals surface area (Å²) in [5.41, 5.74) is 3.58. The van der Waals surface area contributed by atoms with Gasteiger partial charge in [0.1, 0.15) is 11.7 Å². The second-order valence-corrected chi connectivity index (χ2v) is 9.85. The SMILES string of the molecule is COc1ccc(N(Cc2cccnc2)c2ccc(C(=O)OC(C)(C)C)cc2)cc1OC(C)c1ccccn1. The molecule has 2 aromatic heterocycles. The average Bonchev–Trinajstić information content (AvgIpc) is 2.92. The summed E-state index contributed by atoms with van der Waals surface area (Å²) in [4.78, 5) is 23.4. The Balaban J connectivity index is 1.68. The van der Waals surface area contributed by atoms with Crippen molar-refractivity contribution in [1.29, 1.82) is 0 Å². The number of anilines is 2. The molecule has 7 nitrogen and oxygen atoms in total. The number of ether oxygens (including phenoxy) is 3. The van der Waals surface area contributed by atoms with Crippen molar-refractivity contribution in [3.05, 3.63) is 108 Å². The van der Waals surface area contributed by atoms with Crippen LogP contribution in [-0.2, 0) is 11.3 Å². The summed E-state index contributed by atoms with van der Waals surface area (Å²) >= 11 is 0. The van der Waals surface area contributed by atoms with Crippen LogP contribution in [0.4, 0.5) is 11.4 Å². The topological polar surface area (TPSA) is 73.8 Å². The van der Waals surface area contributed by atoms with Gasteiger partial charge in [0.15, 0.2) is 11.5 Å². The van der Waals surface area contributed by atoms with Crippen LogP contribution in [0.3, 0.4) is 0 Å². The van der Waals surface area contributed by atoms with Crippen LogP contribution >= 0.6 is 0 Å². The summed E-state index contributed by atoms with van der Waals surface area (Å²) in [5, 5.41) is 0. The van der Waals surface area contributed by atoms with E-state index in [9.17, 15) is 4.79 Å². The van der Waals surface area contributed by atoms with Gasteiger partial charge in [-0.25, -0.2) is 4.79 Å². The first-order valence-electron chi connectivity index (χ1n) is 12.5. The zero-order valence-corrected chi connectivity index (χ0v) is 22.4. The third kappa shape index (κ3) is 6.88. The van der Waals surface area contributed by atoms with Gasteiger partial charge in [-0.2, -0.15) is 0 Å². The highest BCUT2D eigenvalue weighted by Gasteiger charge is 2.20. The molecule has 0 saturated heterocycles. The van der Waals surface area contributed by atoms with Crippen LogP contribution in [0.2, 0.25) is 0 Å². The molecule has 0 saturated carbocycles. The molecular formula is C31H33N3O4. The van der Waals surface area contributed by atoms with Gasteiger partial charge in [-0.15, -0.1) is 0 Å². The molecule has 0 aliphatic carbocycles. The molecule has 0 radical (unpaired) electrons. The van der Waals surface area contributed by atoms with Crippen LogP contribution in [-0.4, -0.2) is 28.6 Å². The van der Waals surface area contributed by atoms with Gasteiger partial charge in [0.2, 0.25) is 0 Å². The Hall–Kier alpha value is -4.39. The van der Waals surface area contributed by atoms with Crippen LogP contribution in [0, 0.1) is 0 Å². The molecule has 38 heavy (non-hydrogen) atoms. The molecule has 0 fully saturated rings. The summed E-state index contributed by atoms with van der Waals surface area (Å²) in [6.45, 7) is 8.07. The van der Waals surface area contributed by atoms with Crippen LogP contribution in [0.15, 0.2) is 91.4 Å². The van der Waals surface area contributed by atoms with Gasteiger partial charge in [0.25, 0.3) is 0 Å². The Morgan fingerprint density at radius 3 is 2.32 bits per heavy atom. The van der Waals surface area contributed by atoms with E-state index in [1.807, 2.05) is 94.6 Å². The quantitative estimate of drug-likeness (QED) is 0.226. The van der Waals surface area contributed by atoms with Crippen molar-refractivity contribution in [2.75, 3.05) is 12.0 Å². The van der Waals surface area contributed by atoms with E-state index in [0.717, 1.165) is 22.6 Å². The van der Waals surface area contributed by atoms with Gasteiger partial charge < -0.3 is 19.1 Å². The molecule has 0 N–H and O–H groups in total. The normalized spacial score (nSPS) is 11.9. The van der Waals surface area contributed by atoms with E-state index in [4.69, 9.17) is 14.2 Å². The van der Waals surface area contributed by atoms with Crippen molar-refractivity contribution in [3.8, 4) is 11.5 Å². The number of nitrogens with zero attached hydrogens (tertiary/aromatic N) is 3.